The van der Waals surface area contributed by atoms with E-state index in [0.29, 0.717) is 11.1 Å². The lowest BCUT2D eigenvalue weighted by Gasteiger charge is -2.06. The molecule has 70 valence electrons. The number of benzene rings is 1. The van der Waals surface area contributed by atoms with E-state index in [4.69, 9.17) is 16.7 Å². The van der Waals surface area contributed by atoms with E-state index in [2.05, 4.69) is 4.74 Å². The molecule has 0 heterocycles. The number of esters is 1. The number of hydrogen-bond acceptors (Lipinski definition) is 3. The molecule has 1 aromatic carbocycles. The molecule has 0 spiro atoms. The van der Waals surface area contributed by atoms with Crippen molar-refractivity contribution < 1.29 is 14.6 Å². The number of halogens is 1. The van der Waals surface area contributed by atoms with E-state index in [1.54, 1.807) is 6.92 Å². The van der Waals surface area contributed by atoms with Crippen molar-refractivity contribution in [2.24, 2.45) is 0 Å². The molecule has 0 atom stereocenters. The number of ether oxygens (including phenoxy) is 1. The van der Waals surface area contributed by atoms with Crippen LogP contribution in [0.1, 0.15) is 15.9 Å². The minimum absolute atomic E-state index is 0.0372. The highest BCUT2D eigenvalue weighted by atomic mass is 35.5. The number of aryl methyl sites for hydroxylation is 1. The molecule has 13 heavy (non-hydrogen) atoms. The molecule has 0 unspecified atom stereocenters. The van der Waals surface area contributed by atoms with Crippen LogP contribution in [-0.4, -0.2) is 18.2 Å². The molecule has 0 amide bonds. The minimum atomic E-state index is -0.498. The van der Waals surface area contributed by atoms with Gasteiger partial charge in [0.05, 0.1) is 17.7 Å². The SMILES string of the molecule is COC(=O)c1c(C)cc(O)cc1Cl. The van der Waals surface area contributed by atoms with Gasteiger partial charge >= 0.3 is 5.97 Å². The Morgan fingerprint density at radius 1 is 1.54 bits per heavy atom. The Balaban J connectivity index is 3.28. The molecule has 0 aliphatic carbocycles. The highest BCUT2D eigenvalue weighted by Crippen LogP contribution is 2.25. The van der Waals surface area contributed by atoms with Gasteiger partial charge in [0.15, 0.2) is 0 Å². The lowest BCUT2D eigenvalue weighted by Crippen LogP contribution is -2.04. The smallest absolute Gasteiger partial charge is 0.339 e. The zero-order chi connectivity index (χ0) is 10.0. The lowest BCUT2D eigenvalue weighted by atomic mass is 10.1. The average Bonchev–Trinajstić information content (AvgIpc) is 2.02. The van der Waals surface area contributed by atoms with E-state index >= 15 is 0 Å². The van der Waals surface area contributed by atoms with Crippen molar-refractivity contribution in [1.82, 2.24) is 0 Å². The number of carbonyl (C=O) groups is 1. The average molecular weight is 201 g/mol. The number of rotatable bonds is 1. The fourth-order valence-electron chi connectivity index (χ4n) is 1.09. The number of phenolic OH excluding ortho intramolecular Hbond substituents is 1. The zero-order valence-corrected chi connectivity index (χ0v) is 8.05. The van der Waals surface area contributed by atoms with Crippen LogP contribution < -0.4 is 0 Å². The van der Waals surface area contributed by atoms with E-state index < -0.39 is 5.97 Å². The summed E-state index contributed by atoms with van der Waals surface area (Å²) in [4.78, 5) is 11.2. The standard InChI is InChI=1S/C9H9ClO3/c1-5-3-6(11)4-7(10)8(5)9(12)13-2/h3-4,11H,1-2H3. The van der Waals surface area contributed by atoms with Crippen LogP contribution in [0.5, 0.6) is 5.75 Å². The van der Waals surface area contributed by atoms with Crippen molar-refractivity contribution in [3.63, 3.8) is 0 Å². The number of hydrogen-bond donors (Lipinski definition) is 1. The summed E-state index contributed by atoms with van der Waals surface area (Å²) in [5, 5.41) is 9.33. The molecule has 0 saturated heterocycles. The van der Waals surface area contributed by atoms with Crippen molar-refractivity contribution >= 4 is 17.6 Å². The van der Waals surface area contributed by atoms with Gasteiger partial charge < -0.3 is 9.84 Å². The van der Waals surface area contributed by atoms with Crippen molar-refractivity contribution in [3.05, 3.63) is 28.3 Å². The summed E-state index contributed by atoms with van der Waals surface area (Å²) >= 11 is 5.75. The Morgan fingerprint density at radius 3 is 2.62 bits per heavy atom. The maximum atomic E-state index is 11.2. The maximum absolute atomic E-state index is 11.2. The van der Waals surface area contributed by atoms with Crippen LogP contribution in [0.15, 0.2) is 12.1 Å². The third-order valence-corrected chi connectivity index (χ3v) is 1.96. The fraction of sp³-hybridized carbons (Fsp3) is 0.222. The number of carbonyl (C=O) groups excluding carboxylic acids is 1. The molecular formula is C9H9ClO3. The van der Waals surface area contributed by atoms with Gasteiger partial charge in [-0.2, -0.15) is 0 Å². The lowest BCUT2D eigenvalue weighted by molar-refractivity contribution is 0.0600. The van der Waals surface area contributed by atoms with E-state index in [1.807, 2.05) is 0 Å². The second-order valence-corrected chi connectivity index (χ2v) is 3.02. The summed E-state index contributed by atoms with van der Waals surface area (Å²) in [5.74, 6) is -0.461. The van der Waals surface area contributed by atoms with Gasteiger partial charge in [-0.15, -0.1) is 0 Å². The molecule has 0 aliphatic rings. The van der Waals surface area contributed by atoms with Crippen LogP contribution in [0.25, 0.3) is 0 Å². The number of aromatic hydroxyl groups is 1. The van der Waals surface area contributed by atoms with Crippen molar-refractivity contribution in [3.8, 4) is 5.75 Å². The van der Waals surface area contributed by atoms with Gasteiger partial charge in [-0.25, -0.2) is 4.79 Å². The predicted molar refractivity (Wildman–Crippen MR) is 49.2 cm³/mol. The molecule has 0 saturated carbocycles. The minimum Gasteiger partial charge on any atom is -0.508 e. The second-order valence-electron chi connectivity index (χ2n) is 2.61. The van der Waals surface area contributed by atoms with Gasteiger partial charge in [0.25, 0.3) is 0 Å². The fourth-order valence-corrected chi connectivity index (χ4v) is 1.42. The van der Waals surface area contributed by atoms with Gasteiger partial charge in [0.1, 0.15) is 5.75 Å². The van der Waals surface area contributed by atoms with Gasteiger partial charge in [0, 0.05) is 0 Å². The Labute approximate surface area is 80.9 Å². The van der Waals surface area contributed by atoms with Gasteiger partial charge in [-0.3, -0.25) is 0 Å². The second kappa shape index (κ2) is 3.66. The highest BCUT2D eigenvalue weighted by molar-refractivity contribution is 6.33. The topological polar surface area (TPSA) is 46.5 Å². The van der Waals surface area contributed by atoms with Crippen LogP contribution >= 0.6 is 11.6 Å². The van der Waals surface area contributed by atoms with Crippen LogP contribution in [-0.2, 0) is 4.74 Å². The number of methoxy groups -OCH3 is 1. The summed E-state index contributed by atoms with van der Waals surface area (Å²) in [6, 6.07) is 2.76. The Kier molecular flexibility index (Phi) is 2.78. The number of phenols is 1. The quantitative estimate of drug-likeness (QED) is 0.707. The van der Waals surface area contributed by atoms with Crippen LogP contribution in [0, 0.1) is 6.92 Å². The molecule has 3 nitrogen and oxygen atoms in total. The molecule has 0 bridgehead atoms. The summed E-state index contributed by atoms with van der Waals surface area (Å²) in [6.45, 7) is 1.68. The monoisotopic (exact) mass is 200 g/mol. The summed E-state index contributed by atoms with van der Waals surface area (Å²) in [5.41, 5.74) is 0.888. The predicted octanol–water partition coefficient (Wildman–Crippen LogP) is 2.14. The first-order chi connectivity index (χ1) is 6.06. The summed E-state index contributed by atoms with van der Waals surface area (Å²) < 4.78 is 4.53. The normalized spacial score (nSPS) is 9.77. The first-order valence-electron chi connectivity index (χ1n) is 3.63. The first kappa shape index (κ1) is 9.86. The molecule has 0 aromatic heterocycles. The molecule has 0 aliphatic heterocycles. The maximum Gasteiger partial charge on any atom is 0.339 e. The molecule has 1 N–H and O–H groups in total. The molecular weight excluding hydrogens is 192 g/mol. The van der Waals surface area contributed by atoms with E-state index in [1.165, 1.54) is 19.2 Å². The van der Waals surface area contributed by atoms with Crippen molar-refractivity contribution in [1.29, 1.82) is 0 Å². The Hall–Kier alpha value is -1.22. The first-order valence-corrected chi connectivity index (χ1v) is 4.01. The highest BCUT2D eigenvalue weighted by Gasteiger charge is 2.14. The molecule has 4 heteroatoms. The van der Waals surface area contributed by atoms with E-state index in [0.717, 1.165) is 0 Å². The molecule has 1 aromatic rings. The Bertz CT molecular complexity index is 324. The van der Waals surface area contributed by atoms with Gasteiger partial charge in [-0.1, -0.05) is 11.6 Å². The third-order valence-electron chi connectivity index (χ3n) is 1.66. The van der Waals surface area contributed by atoms with E-state index in [9.17, 15) is 4.79 Å². The van der Waals surface area contributed by atoms with Gasteiger partial charge in [-0.05, 0) is 24.6 Å². The molecule has 0 radical (unpaired) electrons. The largest absolute Gasteiger partial charge is 0.508 e. The van der Waals surface area contributed by atoms with Crippen LogP contribution in [0.2, 0.25) is 5.02 Å². The molecule has 0 fully saturated rings. The Morgan fingerprint density at radius 2 is 2.15 bits per heavy atom. The summed E-state index contributed by atoms with van der Waals surface area (Å²) in [7, 11) is 1.28. The van der Waals surface area contributed by atoms with Crippen molar-refractivity contribution in [2.75, 3.05) is 7.11 Å². The van der Waals surface area contributed by atoms with Crippen LogP contribution in [0.4, 0.5) is 0 Å². The van der Waals surface area contributed by atoms with Gasteiger partial charge in [0.2, 0.25) is 0 Å². The zero-order valence-electron chi connectivity index (χ0n) is 7.30. The van der Waals surface area contributed by atoms with E-state index in [-0.39, 0.29) is 10.8 Å². The third kappa shape index (κ3) is 1.92. The summed E-state index contributed by atoms with van der Waals surface area (Å²) in [6.07, 6.45) is 0. The van der Waals surface area contributed by atoms with Crippen molar-refractivity contribution in [2.45, 2.75) is 6.92 Å². The molecule has 1 rings (SSSR count). The van der Waals surface area contributed by atoms with Crippen LogP contribution in [0.3, 0.4) is 0 Å².